The zero-order valence-electron chi connectivity index (χ0n) is 12.7. The Hall–Kier alpha value is -1.65. The molecular formula is C16H24N4O. The standard InChI is InChI=1S/C16H24N4O/c1-2-19-12-17-18-15(19)13-8-10-20(11-9-13)16(21)14-6-4-3-5-7-14/h3-4,12-14H,2,5-11H2,1H3/t14-/m0/s1. The lowest BCUT2D eigenvalue weighted by Crippen LogP contribution is -2.41. The van der Waals surface area contributed by atoms with Crippen LogP contribution in [0.2, 0.25) is 0 Å². The topological polar surface area (TPSA) is 51.0 Å². The summed E-state index contributed by atoms with van der Waals surface area (Å²) in [6.45, 7) is 4.75. The van der Waals surface area contributed by atoms with Crippen LogP contribution in [-0.4, -0.2) is 38.7 Å². The maximum absolute atomic E-state index is 12.5. The maximum Gasteiger partial charge on any atom is 0.226 e. The van der Waals surface area contributed by atoms with Crippen LogP contribution < -0.4 is 0 Å². The Kier molecular flexibility index (Phi) is 4.36. The maximum atomic E-state index is 12.5. The minimum Gasteiger partial charge on any atom is -0.342 e. The van der Waals surface area contributed by atoms with Crippen molar-refractivity contribution >= 4 is 5.91 Å². The molecule has 0 spiro atoms. The Morgan fingerprint density at radius 1 is 1.29 bits per heavy atom. The van der Waals surface area contributed by atoms with E-state index in [0.717, 1.165) is 57.6 Å². The molecule has 1 amide bonds. The average molecular weight is 288 g/mol. The van der Waals surface area contributed by atoms with Gasteiger partial charge in [-0.25, -0.2) is 0 Å². The second-order valence-electron chi connectivity index (χ2n) is 6.06. The van der Waals surface area contributed by atoms with Gasteiger partial charge in [0.15, 0.2) is 0 Å². The van der Waals surface area contributed by atoms with Crippen LogP contribution in [-0.2, 0) is 11.3 Å². The van der Waals surface area contributed by atoms with Crippen molar-refractivity contribution < 1.29 is 4.79 Å². The molecule has 3 rings (SSSR count). The third kappa shape index (κ3) is 3.01. The summed E-state index contributed by atoms with van der Waals surface area (Å²) in [7, 11) is 0. The van der Waals surface area contributed by atoms with Crippen LogP contribution in [0.4, 0.5) is 0 Å². The second kappa shape index (κ2) is 6.41. The molecule has 1 aromatic heterocycles. The van der Waals surface area contributed by atoms with E-state index in [4.69, 9.17) is 0 Å². The molecule has 0 bridgehead atoms. The summed E-state index contributed by atoms with van der Waals surface area (Å²) in [5.41, 5.74) is 0. The lowest BCUT2D eigenvalue weighted by Gasteiger charge is -2.34. The van der Waals surface area contributed by atoms with Crippen molar-refractivity contribution in [2.45, 2.75) is 51.5 Å². The van der Waals surface area contributed by atoms with E-state index < -0.39 is 0 Å². The highest BCUT2D eigenvalue weighted by Gasteiger charge is 2.30. The molecule has 0 saturated carbocycles. The first kappa shape index (κ1) is 14.3. The molecule has 0 radical (unpaired) electrons. The van der Waals surface area contributed by atoms with Gasteiger partial charge < -0.3 is 9.47 Å². The van der Waals surface area contributed by atoms with Crippen LogP contribution in [0.25, 0.3) is 0 Å². The molecule has 5 heteroatoms. The van der Waals surface area contributed by atoms with Crippen molar-refractivity contribution in [2.24, 2.45) is 5.92 Å². The van der Waals surface area contributed by atoms with Gasteiger partial charge in [0.1, 0.15) is 12.2 Å². The van der Waals surface area contributed by atoms with Gasteiger partial charge in [0, 0.05) is 31.5 Å². The van der Waals surface area contributed by atoms with E-state index in [9.17, 15) is 4.79 Å². The van der Waals surface area contributed by atoms with Crippen LogP contribution in [0.3, 0.4) is 0 Å². The first-order valence-electron chi connectivity index (χ1n) is 8.11. The molecule has 114 valence electrons. The van der Waals surface area contributed by atoms with Crippen LogP contribution in [0, 0.1) is 5.92 Å². The number of rotatable bonds is 3. The summed E-state index contributed by atoms with van der Waals surface area (Å²) in [4.78, 5) is 14.6. The molecule has 1 fully saturated rings. The van der Waals surface area contributed by atoms with Gasteiger partial charge in [-0.3, -0.25) is 4.79 Å². The summed E-state index contributed by atoms with van der Waals surface area (Å²) in [6.07, 6.45) is 11.1. The molecular weight excluding hydrogens is 264 g/mol. The van der Waals surface area contributed by atoms with Crippen molar-refractivity contribution in [3.05, 3.63) is 24.3 Å². The molecule has 0 aromatic carbocycles. The Bertz CT molecular complexity index is 514. The van der Waals surface area contributed by atoms with Crippen LogP contribution in [0.5, 0.6) is 0 Å². The van der Waals surface area contributed by atoms with Gasteiger partial charge in [-0.15, -0.1) is 10.2 Å². The minimum absolute atomic E-state index is 0.214. The molecule has 1 saturated heterocycles. The molecule has 1 atom stereocenters. The Labute approximate surface area is 126 Å². The lowest BCUT2D eigenvalue weighted by atomic mass is 9.90. The summed E-state index contributed by atoms with van der Waals surface area (Å²) < 4.78 is 2.12. The second-order valence-corrected chi connectivity index (χ2v) is 6.06. The van der Waals surface area contributed by atoms with Gasteiger partial charge >= 0.3 is 0 Å². The number of allylic oxidation sites excluding steroid dienone is 2. The molecule has 21 heavy (non-hydrogen) atoms. The smallest absolute Gasteiger partial charge is 0.226 e. The van der Waals surface area contributed by atoms with Gasteiger partial charge in [-0.05, 0) is 39.0 Å². The number of hydrogen-bond acceptors (Lipinski definition) is 3. The highest BCUT2D eigenvalue weighted by Crippen LogP contribution is 2.29. The number of aromatic nitrogens is 3. The largest absolute Gasteiger partial charge is 0.342 e. The molecule has 0 unspecified atom stereocenters. The highest BCUT2D eigenvalue weighted by molar-refractivity contribution is 5.79. The molecule has 2 heterocycles. The number of hydrogen-bond donors (Lipinski definition) is 0. The third-order valence-electron chi connectivity index (χ3n) is 4.78. The quantitative estimate of drug-likeness (QED) is 0.802. The normalized spacial score (nSPS) is 23.5. The number of piperidine rings is 1. The van der Waals surface area contributed by atoms with E-state index in [1.165, 1.54) is 0 Å². The summed E-state index contributed by atoms with van der Waals surface area (Å²) >= 11 is 0. The van der Waals surface area contributed by atoms with Gasteiger partial charge in [-0.1, -0.05) is 12.2 Å². The summed E-state index contributed by atoms with van der Waals surface area (Å²) in [6, 6.07) is 0. The van der Waals surface area contributed by atoms with Crippen molar-refractivity contribution in [2.75, 3.05) is 13.1 Å². The van der Waals surface area contributed by atoms with Crippen molar-refractivity contribution in [1.82, 2.24) is 19.7 Å². The van der Waals surface area contributed by atoms with E-state index in [0.29, 0.717) is 11.8 Å². The number of amides is 1. The molecule has 2 aliphatic rings. The van der Waals surface area contributed by atoms with E-state index >= 15 is 0 Å². The summed E-state index contributed by atoms with van der Waals surface area (Å²) in [5, 5.41) is 8.29. The van der Waals surface area contributed by atoms with E-state index in [1.807, 2.05) is 0 Å². The molecule has 5 nitrogen and oxygen atoms in total. The average Bonchev–Trinajstić information content (AvgIpc) is 3.04. The number of carbonyl (C=O) groups excluding carboxylic acids is 1. The van der Waals surface area contributed by atoms with Gasteiger partial charge in [0.2, 0.25) is 5.91 Å². The first-order chi connectivity index (χ1) is 10.3. The van der Waals surface area contributed by atoms with Crippen molar-refractivity contribution in [1.29, 1.82) is 0 Å². The minimum atomic E-state index is 0.214. The fourth-order valence-corrected chi connectivity index (χ4v) is 3.46. The number of aryl methyl sites for hydroxylation is 1. The van der Waals surface area contributed by atoms with Gasteiger partial charge in [-0.2, -0.15) is 0 Å². The zero-order chi connectivity index (χ0) is 14.7. The fourth-order valence-electron chi connectivity index (χ4n) is 3.46. The number of nitrogens with zero attached hydrogens (tertiary/aromatic N) is 4. The molecule has 0 N–H and O–H groups in total. The lowest BCUT2D eigenvalue weighted by molar-refractivity contribution is -0.136. The van der Waals surface area contributed by atoms with E-state index in [-0.39, 0.29) is 5.92 Å². The van der Waals surface area contributed by atoms with Crippen LogP contribution >= 0.6 is 0 Å². The predicted octanol–water partition coefficient (Wildman–Crippen LogP) is 2.36. The fraction of sp³-hybridized carbons (Fsp3) is 0.688. The van der Waals surface area contributed by atoms with Gasteiger partial charge in [0.05, 0.1) is 0 Å². The van der Waals surface area contributed by atoms with Gasteiger partial charge in [0.25, 0.3) is 0 Å². The Morgan fingerprint density at radius 3 is 2.76 bits per heavy atom. The van der Waals surface area contributed by atoms with Crippen LogP contribution in [0.15, 0.2) is 18.5 Å². The zero-order valence-corrected chi connectivity index (χ0v) is 12.7. The highest BCUT2D eigenvalue weighted by atomic mass is 16.2. The monoisotopic (exact) mass is 288 g/mol. The predicted molar refractivity (Wildman–Crippen MR) is 80.7 cm³/mol. The Balaban J connectivity index is 1.57. The van der Waals surface area contributed by atoms with Crippen molar-refractivity contribution in [3.63, 3.8) is 0 Å². The van der Waals surface area contributed by atoms with E-state index in [1.54, 1.807) is 6.33 Å². The van der Waals surface area contributed by atoms with Crippen LogP contribution in [0.1, 0.15) is 50.8 Å². The van der Waals surface area contributed by atoms with Crippen molar-refractivity contribution in [3.8, 4) is 0 Å². The number of likely N-dealkylation sites (tertiary alicyclic amines) is 1. The SMILES string of the molecule is CCn1cnnc1C1CCN(C(=O)[C@H]2CC=CCC2)CC1. The molecule has 1 aliphatic heterocycles. The number of carbonyl (C=O) groups is 1. The first-order valence-corrected chi connectivity index (χ1v) is 8.11. The molecule has 1 aromatic rings. The summed E-state index contributed by atoms with van der Waals surface area (Å²) in [5.74, 6) is 2.11. The Morgan fingerprint density at radius 2 is 2.10 bits per heavy atom. The molecule has 1 aliphatic carbocycles. The van der Waals surface area contributed by atoms with E-state index in [2.05, 4.69) is 38.7 Å². The third-order valence-corrected chi connectivity index (χ3v) is 4.78.